The van der Waals surface area contributed by atoms with Crippen molar-refractivity contribution < 1.29 is 13.7 Å². The molecule has 2 heterocycles. The molecule has 0 fully saturated rings. The minimum absolute atomic E-state index is 0.00954. The maximum Gasteiger partial charge on any atom is 0.227 e. The van der Waals surface area contributed by atoms with E-state index in [1.165, 1.54) is 6.07 Å². The highest BCUT2D eigenvalue weighted by molar-refractivity contribution is 5.76. The molecule has 0 aliphatic rings. The lowest BCUT2D eigenvalue weighted by molar-refractivity contribution is -0.129. The molecule has 1 amide bonds. The molecule has 0 aliphatic carbocycles. The Bertz CT molecular complexity index is 867. The normalized spacial score (nSPS) is 10.7. The summed E-state index contributed by atoms with van der Waals surface area (Å²) in [4.78, 5) is 22.1. The molecule has 0 unspecified atom stereocenters. The number of likely N-dealkylation sites (N-methyl/N-ethyl adjacent to an activating group) is 1. The molecule has 0 radical (unpaired) electrons. The highest BCUT2D eigenvalue weighted by atomic mass is 19.1. The molecule has 3 rings (SSSR count). The van der Waals surface area contributed by atoms with Gasteiger partial charge in [-0.25, -0.2) is 4.39 Å². The van der Waals surface area contributed by atoms with E-state index < -0.39 is 5.82 Å². The maximum absolute atomic E-state index is 13.7. The smallest absolute Gasteiger partial charge is 0.227 e. The molecule has 1 aromatic carbocycles. The number of carbonyl (C=O) groups is 1. The summed E-state index contributed by atoms with van der Waals surface area (Å²) in [7, 11) is 1.77. The Kier molecular flexibility index (Phi) is 5.68. The highest BCUT2D eigenvalue weighted by Crippen LogP contribution is 2.19. The molecule has 0 spiro atoms. The lowest BCUT2D eigenvalue weighted by Crippen LogP contribution is -2.29. The average Bonchev–Trinajstić information content (AvgIpc) is 3.14. The number of amides is 1. The van der Waals surface area contributed by atoms with Crippen molar-refractivity contribution in [2.24, 2.45) is 0 Å². The molecule has 26 heavy (non-hydrogen) atoms. The molecule has 3 aromatic rings. The predicted molar refractivity (Wildman–Crippen MR) is 93.6 cm³/mol. The minimum Gasteiger partial charge on any atom is -0.345 e. The number of pyridine rings is 1. The van der Waals surface area contributed by atoms with Crippen molar-refractivity contribution in [3.63, 3.8) is 0 Å². The van der Waals surface area contributed by atoms with Gasteiger partial charge in [0.05, 0.1) is 5.56 Å². The standard InChI is InChI=1S/C19H19FN4O2/c1-24(13-10-14-8-11-21-12-9-14)18(25)7-6-17-22-19(23-26-17)15-4-2-3-5-16(15)20/h2-5,8-9,11-12H,6-7,10,13H2,1H3. The monoisotopic (exact) mass is 354 g/mol. The van der Waals surface area contributed by atoms with Crippen LogP contribution < -0.4 is 0 Å². The van der Waals surface area contributed by atoms with E-state index >= 15 is 0 Å². The molecule has 0 saturated carbocycles. The molecule has 7 heteroatoms. The Labute approximate surface area is 150 Å². The van der Waals surface area contributed by atoms with Crippen LogP contribution in [0.3, 0.4) is 0 Å². The number of aromatic nitrogens is 3. The average molecular weight is 354 g/mol. The van der Waals surface area contributed by atoms with E-state index in [4.69, 9.17) is 4.52 Å². The van der Waals surface area contributed by atoms with Crippen LogP contribution in [0.25, 0.3) is 11.4 Å². The van der Waals surface area contributed by atoms with Gasteiger partial charge >= 0.3 is 0 Å². The first kappa shape index (κ1) is 17.7. The Balaban J connectivity index is 1.51. The van der Waals surface area contributed by atoms with Crippen LogP contribution in [0.4, 0.5) is 4.39 Å². The van der Waals surface area contributed by atoms with E-state index in [0.29, 0.717) is 18.9 Å². The number of aryl methyl sites for hydroxylation is 1. The molecule has 0 bridgehead atoms. The lowest BCUT2D eigenvalue weighted by atomic mass is 10.2. The molecule has 2 aromatic heterocycles. The van der Waals surface area contributed by atoms with Crippen molar-refractivity contribution in [3.8, 4) is 11.4 Å². The summed E-state index contributed by atoms with van der Waals surface area (Å²) >= 11 is 0. The summed E-state index contributed by atoms with van der Waals surface area (Å²) in [5.41, 5.74) is 1.41. The van der Waals surface area contributed by atoms with E-state index in [-0.39, 0.29) is 23.7 Å². The zero-order valence-electron chi connectivity index (χ0n) is 14.4. The van der Waals surface area contributed by atoms with Gasteiger partial charge in [0.15, 0.2) is 0 Å². The van der Waals surface area contributed by atoms with Crippen molar-refractivity contribution in [2.45, 2.75) is 19.3 Å². The van der Waals surface area contributed by atoms with Crippen LogP contribution in [-0.2, 0) is 17.6 Å². The first-order chi connectivity index (χ1) is 12.6. The van der Waals surface area contributed by atoms with Gasteiger partial charge in [-0.05, 0) is 36.2 Å². The second kappa shape index (κ2) is 8.33. The Hall–Kier alpha value is -3.09. The minimum atomic E-state index is -0.410. The number of carbonyl (C=O) groups excluding carboxylic acids is 1. The number of nitrogens with zero attached hydrogens (tertiary/aromatic N) is 4. The number of hydrogen-bond donors (Lipinski definition) is 0. The van der Waals surface area contributed by atoms with E-state index in [2.05, 4.69) is 15.1 Å². The zero-order chi connectivity index (χ0) is 18.4. The lowest BCUT2D eigenvalue weighted by Gasteiger charge is -2.16. The fourth-order valence-corrected chi connectivity index (χ4v) is 2.48. The van der Waals surface area contributed by atoms with Gasteiger partial charge in [0.2, 0.25) is 17.6 Å². The van der Waals surface area contributed by atoms with Crippen LogP contribution >= 0.6 is 0 Å². The fourth-order valence-electron chi connectivity index (χ4n) is 2.48. The van der Waals surface area contributed by atoms with Crippen molar-refractivity contribution in [3.05, 3.63) is 66.1 Å². The number of halogens is 1. The van der Waals surface area contributed by atoms with Crippen LogP contribution in [-0.4, -0.2) is 39.5 Å². The molecule has 134 valence electrons. The van der Waals surface area contributed by atoms with E-state index in [1.54, 1.807) is 42.5 Å². The van der Waals surface area contributed by atoms with E-state index in [9.17, 15) is 9.18 Å². The Morgan fingerprint density at radius 2 is 1.92 bits per heavy atom. The van der Waals surface area contributed by atoms with E-state index in [1.807, 2.05) is 12.1 Å². The largest absolute Gasteiger partial charge is 0.345 e. The van der Waals surface area contributed by atoms with Gasteiger partial charge in [0, 0.05) is 38.8 Å². The second-order valence-corrected chi connectivity index (χ2v) is 5.91. The zero-order valence-corrected chi connectivity index (χ0v) is 14.4. The van der Waals surface area contributed by atoms with Crippen molar-refractivity contribution in [1.29, 1.82) is 0 Å². The molecule has 6 nitrogen and oxygen atoms in total. The van der Waals surface area contributed by atoms with Gasteiger partial charge < -0.3 is 9.42 Å². The fraction of sp³-hybridized carbons (Fsp3) is 0.263. The quantitative estimate of drug-likeness (QED) is 0.652. The molecule has 0 aliphatic heterocycles. The molecule has 0 N–H and O–H groups in total. The van der Waals surface area contributed by atoms with Gasteiger partial charge in [-0.1, -0.05) is 17.3 Å². The number of hydrogen-bond acceptors (Lipinski definition) is 5. The molecular weight excluding hydrogens is 335 g/mol. The van der Waals surface area contributed by atoms with Crippen LogP contribution in [0.1, 0.15) is 17.9 Å². The number of rotatable bonds is 7. The summed E-state index contributed by atoms with van der Waals surface area (Å²) in [6.45, 7) is 0.618. The highest BCUT2D eigenvalue weighted by Gasteiger charge is 2.15. The van der Waals surface area contributed by atoms with Crippen LogP contribution in [0.5, 0.6) is 0 Å². The summed E-state index contributed by atoms with van der Waals surface area (Å²) in [5.74, 6) is 0.0900. The van der Waals surface area contributed by atoms with Gasteiger partial charge in [-0.2, -0.15) is 4.98 Å². The van der Waals surface area contributed by atoms with Crippen molar-refractivity contribution in [2.75, 3.05) is 13.6 Å². The van der Waals surface area contributed by atoms with Gasteiger partial charge in [-0.15, -0.1) is 0 Å². The summed E-state index contributed by atoms with van der Waals surface area (Å²) in [5, 5.41) is 3.79. The van der Waals surface area contributed by atoms with Crippen molar-refractivity contribution >= 4 is 5.91 Å². The van der Waals surface area contributed by atoms with Crippen LogP contribution in [0, 0.1) is 5.82 Å². The molecular formula is C19H19FN4O2. The van der Waals surface area contributed by atoms with Crippen LogP contribution in [0.2, 0.25) is 0 Å². The van der Waals surface area contributed by atoms with Crippen molar-refractivity contribution in [1.82, 2.24) is 20.0 Å². The third-order valence-electron chi connectivity index (χ3n) is 4.05. The topological polar surface area (TPSA) is 72.1 Å². The third kappa shape index (κ3) is 4.50. The predicted octanol–water partition coefficient (Wildman–Crippen LogP) is 2.90. The molecule has 0 saturated heterocycles. The Morgan fingerprint density at radius 1 is 1.15 bits per heavy atom. The molecule has 0 atom stereocenters. The summed E-state index contributed by atoms with van der Waals surface area (Å²) in [6.07, 6.45) is 4.81. The summed E-state index contributed by atoms with van der Waals surface area (Å²) in [6, 6.07) is 10.1. The first-order valence-electron chi connectivity index (χ1n) is 8.34. The van der Waals surface area contributed by atoms with E-state index in [0.717, 1.165) is 12.0 Å². The second-order valence-electron chi connectivity index (χ2n) is 5.91. The van der Waals surface area contributed by atoms with Gasteiger partial charge in [-0.3, -0.25) is 9.78 Å². The number of benzene rings is 1. The van der Waals surface area contributed by atoms with Gasteiger partial charge in [0.25, 0.3) is 0 Å². The maximum atomic E-state index is 13.7. The summed E-state index contributed by atoms with van der Waals surface area (Å²) < 4.78 is 18.9. The SMILES string of the molecule is CN(CCc1ccncc1)C(=O)CCc1nc(-c2ccccc2F)no1. The first-order valence-corrected chi connectivity index (χ1v) is 8.34. The van der Waals surface area contributed by atoms with Gasteiger partial charge in [0.1, 0.15) is 5.82 Å². The third-order valence-corrected chi connectivity index (χ3v) is 4.05. The van der Waals surface area contributed by atoms with Crippen LogP contribution in [0.15, 0.2) is 53.3 Å². The Morgan fingerprint density at radius 3 is 2.69 bits per heavy atom.